The van der Waals surface area contributed by atoms with Crippen molar-refractivity contribution in [3.05, 3.63) is 34.9 Å². The molecule has 21 heavy (non-hydrogen) atoms. The largest absolute Gasteiger partial charge is 0.394 e. The summed E-state index contributed by atoms with van der Waals surface area (Å²) in [6.45, 7) is 6.20. The number of aliphatic hydroxyl groups is 2. The molecule has 2 N–H and O–H groups in total. The first kappa shape index (κ1) is 18.1. The van der Waals surface area contributed by atoms with Crippen LogP contribution in [-0.4, -0.2) is 56.5 Å². The molecule has 0 aliphatic heterocycles. The van der Waals surface area contributed by atoms with Gasteiger partial charge < -0.3 is 24.4 Å². The van der Waals surface area contributed by atoms with Crippen LogP contribution in [0.2, 0.25) is 0 Å². The molecular formula is C16H26O5. The number of rotatable bonds is 11. The number of aryl methyl sites for hydroxylation is 2. The molecule has 0 aromatic heterocycles. The molecule has 0 radical (unpaired) electrons. The highest BCUT2D eigenvalue weighted by Crippen LogP contribution is 2.19. The van der Waals surface area contributed by atoms with Gasteiger partial charge in [0.25, 0.3) is 0 Å². The van der Waals surface area contributed by atoms with Crippen molar-refractivity contribution in [1.82, 2.24) is 0 Å². The summed E-state index contributed by atoms with van der Waals surface area (Å²) in [5, 5.41) is 18.0. The maximum absolute atomic E-state index is 9.43. The minimum atomic E-state index is -0.321. The van der Waals surface area contributed by atoms with Crippen LogP contribution in [0.15, 0.2) is 18.2 Å². The second kappa shape index (κ2) is 10.7. The zero-order valence-electron chi connectivity index (χ0n) is 12.9. The minimum absolute atomic E-state index is 0.0251. The average molecular weight is 298 g/mol. The van der Waals surface area contributed by atoms with E-state index in [-0.39, 0.29) is 19.3 Å². The van der Waals surface area contributed by atoms with E-state index >= 15 is 0 Å². The van der Waals surface area contributed by atoms with Crippen molar-refractivity contribution >= 4 is 0 Å². The lowest BCUT2D eigenvalue weighted by molar-refractivity contribution is -0.0314. The molecule has 0 bridgehead atoms. The molecule has 0 heterocycles. The molecule has 0 saturated heterocycles. The van der Waals surface area contributed by atoms with E-state index in [1.807, 2.05) is 25.1 Å². The Morgan fingerprint density at radius 2 is 1.57 bits per heavy atom. The first-order valence-electron chi connectivity index (χ1n) is 7.25. The van der Waals surface area contributed by atoms with Crippen LogP contribution in [0.3, 0.4) is 0 Å². The molecule has 0 amide bonds. The van der Waals surface area contributed by atoms with E-state index in [1.165, 1.54) is 11.1 Å². The predicted molar refractivity (Wildman–Crippen MR) is 80.4 cm³/mol. The number of aliphatic hydroxyl groups excluding tert-OH is 2. The van der Waals surface area contributed by atoms with Gasteiger partial charge in [-0.1, -0.05) is 18.2 Å². The molecule has 1 aromatic rings. The maximum Gasteiger partial charge on any atom is 0.106 e. The van der Waals surface area contributed by atoms with Gasteiger partial charge in [-0.2, -0.15) is 0 Å². The van der Waals surface area contributed by atoms with Crippen LogP contribution in [0.1, 0.15) is 22.8 Å². The zero-order valence-corrected chi connectivity index (χ0v) is 12.9. The predicted octanol–water partition coefficient (Wildman–Crippen LogP) is 1.38. The number of ether oxygens (including phenoxy) is 3. The summed E-state index contributed by atoms with van der Waals surface area (Å²) >= 11 is 0. The summed E-state index contributed by atoms with van der Waals surface area (Å²) in [4.78, 5) is 0. The Morgan fingerprint density at radius 1 is 0.905 bits per heavy atom. The SMILES string of the molecule is Cc1ccc(C(CO)OCCOCCOCCO)cc1C. The van der Waals surface area contributed by atoms with Crippen molar-refractivity contribution in [3.8, 4) is 0 Å². The Labute approximate surface area is 126 Å². The maximum atomic E-state index is 9.43. The molecule has 0 fully saturated rings. The van der Waals surface area contributed by atoms with Crippen molar-refractivity contribution in [2.75, 3.05) is 46.2 Å². The van der Waals surface area contributed by atoms with Crippen LogP contribution in [0.4, 0.5) is 0 Å². The highest BCUT2D eigenvalue weighted by Gasteiger charge is 2.11. The molecule has 0 aliphatic carbocycles. The van der Waals surface area contributed by atoms with Crippen LogP contribution >= 0.6 is 0 Å². The van der Waals surface area contributed by atoms with E-state index < -0.39 is 0 Å². The Morgan fingerprint density at radius 3 is 2.19 bits per heavy atom. The third-order valence-electron chi connectivity index (χ3n) is 3.22. The highest BCUT2D eigenvalue weighted by atomic mass is 16.5. The van der Waals surface area contributed by atoms with Gasteiger partial charge in [-0.15, -0.1) is 0 Å². The molecular weight excluding hydrogens is 272 g/mol. The second-order valence-corrected chi connectivity index (χ2v) is 4.83. The first-order valence-corrected chi connectivity index (χ1v) is 7.25. The van der Waals surface area contributed by atoms with Gasteiger partial charge >= 0.3 is 0 Å². The normalized spacial score (nSPS) is 12.6. The Kier molecular flexibility index (Phi) is 9.21. The standard InChI is InChI=1S/C16H26O5/c1-13-3-4-15(11-14(13)2)16(12-18)21-10-9-20-8-7-19-6-5-17/h3-4,11,16-18H,5-10,12H2,1-2H3. The van der Waals surface area contributed by atoms with Gasteiger partial charge in [-0.25, -0.2) is 0 Å². The summed E-state index contributed by atoms with van der Waals surface area (Å²) < 4.78 is 16.1. The molecule has 5 heteroatoms. The lowest BCUT2D eigenvalue weighted by atomic mass is 10.0. The summed E-state index contributed by atoms with van der Waals surface area (Å²) in [5.41, 5.74) is 3.39. The van der Waals surface area contributed by atoms with Crippen LogP contribution in [0, 0.1) is 13.8 Å². The molecule has 1 atom stereocenters. The summed E-state index contributed by atoms with van der Waals surface area (Å²) in [6.07, 6.45) is -0.321. The summed E-state index contributed by atoms with van der Waals surface area (Å²) in [5.74, 6) is 0. The first-order chi connectivity index (χ1) is 10.2. The number of hydrogen-bond acceptors (Lipinski definition) is 5. The van der Waals surface area contributed by atoms with Gasteiger partial charge in [0.05, 0.1) is 46.2 Å². The monoisotopic (exact) mass is 298 g/mol. The fourth-order valence-electron chi connectivity index (χ4n) is 1.86. The van der Waals surface area contributed by atoms with Crippen molar-refractivity contribution in [2.45, 2.75) is 20.0 Å². The third kappa shape index (κ3) is 7.02. The molecule has 120 valence electrons. The summed E-state index contributed by atoms with van der Waals surface area (Å²) in [6, 6.07) is 6.05. The zero-order chi connectivity index (χ0) is 15.5. The van der Waals surface area contributed by atoms with Gasteiger partial charge in [0.2, 0.25) is 0 Å². The van der Waals surface area contributed by atoms with Gasteiger partial charge in [0, 0.05) is 0 Å². The van der Waals surface area contributed by atoms with Crippen LogP contribution in [0.5, 0.6) is 0 Å². The van der Waals surface area contributed by atoms with Crippen LogP contribution in [-0.2, 0) is 14.2 Å². The Hall–Kier alpha value is -0.980. The van der Waals surface area contributed by atoms with Crippen molar-refractivity contribution in [2.24, 2.45) is 0 Å². The van der Waals surface area contributed by atoms with Crippen LogP contribution < -0.4 is 0 Å². The number of benzene rings is 1. The van der Waals surface area contributed by atoms with E-state index in [9.17, 15) is 5.11 Å². The van der Waals surface area contributed by atoms with E-state index in [0.29, 0.717) is 33.0 Å². The lowest BCUT2D eigenvalue weighted by Crippen LogP contribution is -2.15. The van der Waals surface area contributed by atoms with Crippen molar-refractivity contribution < 1.29 is 24.4 Å². The van der Waals surface area contributed by atoms with Crippen molar-refractivity contribution in [3.63, 3.8) is 0 Å². The lowest BCUT2D eigenvalue weighted by Gasteiger charge is -2.17. The number of hydrogen-bond donors (Lipinski definition) is 2. The van der Waals surface area contributed by atoms with E-state index in [2.05, 4.69) is 6.92 Å². The van der Waals surface area contributed by atoms with E-state index in [0.717, 1.165) is 5.56 Å². The fraction of sp³-hybridized carbons (Fsp3) is 0.625. The molecule has 1 unspecified atom stereocenters. The fourth-order valence-corrected chi connectivity index (χ4v) is 1.86. The minimum Gasteiger partial charge on any atom is -0.394 e. The topological polar surface area (TPSA) is 68.2 Å². The second-order valence-electron chi connectivity index (χ2n) is 4.83. The van der Waals surface area contributed by atoms with Gasteiger partial charge in [0.15, 0.2) is 0 Å². The third-order valence-corrected chi connectivity index (χ3v) is 3.22. The smallest absolute Gasteiger partial charge is 0.106 e. The Bertz CT molecular complexity index is 394. The molecule has 0 saturated carbocycles. The molecule has 1 rings (SSSR count). The van der Waals surface area contributed by atoms with Gasteiger partial charge in [-0.3, -0.25) is 0 Å². The van der Waals surface area contributed by atoms with Gasteiger partial charge in [0.1, 0.15) is 6.10 Å². The van der Waals surface area contributed by atoms with Gasteiger partial charge in [-0.05, 0) is 30.5 Å². The molecule has 5 nitrogen and oxygen atoms in total. The van der Waals surface area contributed by atoms with E-state index in [1.54, 1.807) is 0 Å². The molecule has 1 aromatic carbocycles. The molecule has 0 aliphatic rings. The average Bonchev–Trinajstić information content (AvgIpc) is 2.49. The summed E-state index contributed by atoms with van der Waals surface area (Å²) in [7, 11) is 0. The van der Waals surface area contributed by atoms with Crippen LogP contribution in [0.25, 0.3) is 0 Å². The Balaban J connectivity index is 2.23. The highest BCUT2D eigenvalue weighted by molar-refractivity contribution is 5.31. The molecule has 0 spiro atoms. The van der Waals surface area contributed by atoms with E-state index in [4.69, 9.17) is 19.3 Å². The van der Waals surface area contributed by atoms with Crippen molar-refractivity contribution in [1.29, 1.82) is 0 Å². The quantitative estimate of drug-likeness (QED) is 0.604.